The van der Waals surface area contributed by atoms with Crippen molar-refractivity contribution < 1.29 is 4.79 Å². The van der Waals surface area contributed by atoms with Crippen LogP contribution in [0.4, 0.5) is 5.82 Å². The van der Waals surface area contributed by atoms with Crippen molar-refractivity contribution in [3.8, 4) is 5.69 Å². The van der Waals surface area contributed by atoms with Crippen LogP contribution in [0.5, 0.6) is 0 Å². The molecule has 0 spiro atoms. The molecule has 0 atom stereocenters. The summed E-state index contributed by atoms with van der Waals surface area (Å²) in [5, 5.41) is 3.18. The number of rotatable bonds is 3. The molecule has 1 amide bonds. The second-order valence-electron chi connectivity index (χ2n) is 6.72. The summed E-state index contributed by atoms with van der Waals surface area (Å²) < 4.78 is 1.77. The van der Waals surface area contributed by atoms with Gasteiger partial charge < -0.3 is 10.3 Å². The van der Waals surface area contributed by atoms with Crippen molar-refractivity contribution in [2.24, 2.45) is 0 Å². The number of carbonyl (C=O) groups excluding carboxylic acids is 1. The quantitative estimate of drug-likeness (QED) is 0.501. The van der Waals surface area contributed by atoms with Gasteiger partial charge in [0.05, 0.1) is 16.6 Å². The summed E-state index contributed by atoms with van der Waals surface area (Å²) in [5.41, 5.74) is 3.49. The number of H-pyrrole nitrogens is 1. The van der Waals surface area contributed by atoms with Gasteiger partial charge in [-0.05, 0) is 73.6 Å². The smallest absolute Gasteiger partial charge is 0.266 e. The summed E-state index contributed by atoms with van der Waals surface area (Å²) in [4.78, 5) is 32.8. The van der Waals surface area contributed by atoms with E-state index in [2.05, 4.69) is 15.3 Å². The van der Waals surface area contributed by atoms with E-state index >= 15 is 0 Å². The Balaban J connectivity index is 1.80. The topological polar surface area (TPSA) is 79.8 Å². The highest BCUT2D eigenvalue weighted by molar-refractivity contribution is 7.71. The Kier molecular flexibility index (Phi) is 4.82. The second-order valence-corrected chi connectivity index (χ2v) is 7.11. The van der Waals surface area contributed by atoms with Crippen LogP contribution in [-0.2, 0) is 0 Å². The van der Waals surface area contributed by atoms with Crippen molar-refractivity contribution >= 4 is 34.8 Å². The molecule has 0 fully saturated rings. The van der Waals surface area contributed by atoms with E-state index in [9.17, 15) is 9.59 Å². The number of nitrogens with one attached hydrogen (secondary N) is 2. The molecule has 0 unspecified atom stereocenters. The van der Waals surface area contributed by atoms with Gasteiger partial charge in [0.2, 0.25) is 0 Å². The van der Waals surface area contributed by atoms with Gasteiger partial charge in [-0.25, -0.2) is 4.98 Å². The molecule has 0 aliphatic rings. The van der Waals surface area contributed by atoms with Gasteiger partial charge in [0.1, 0.15) is 5.82 Å². The number of aromatic nitrogens is 3. The predicted octanol–water partition coefficient (Wildman–Crippen LogP) is 4.31. The SMILES string of the molecule is Cc1cccc(-n2c(=S)[nH]c3cc(C(=O)Nc4ccccn4)ccc3c2=O)c1C. The molecule has 0 bridgehead atoms. The fourth-order valence-corrected chi connectivity index (χ4v) is 3.47. The van der Waals surface area contributed by atoms with E-state index in [1.165, 1.54) is 4.57 Å². The van der Waals surface area contributed by atoms with Gasteiger partial charge in [0, 0.05) is 11.8 Å². The highest BCUT2D eigenvalue weighted by Gasteiger charge is 2.13. The van der Waals surface area contributed by atoms with Gasteiger partial charge in [0.15, 0.2) is 4.77 Å². The average molecular weight is 402 g/mol. The number of aryl methyl sites for hydroxylation is 1. The molecular formula is C22H18N4O2S. The van der Waals surface area contributed by atoms with E-state index < -0.39 is 0 Å². The van der Waals surface area contributed by atoms with Crippen LogP contribution in [0.2, 0.25) is 0 Å². The lowest BCUT2D eigenvalue weighted by molar-refractivity contribution is 0.102. The van der Waals surface area contributed by atoms with Gasteiger partial charge in [-0.3, -0.25) is 14.2 Å². The molecule has 2 aromatic heterocycles. The number of aromatic amines is 1. The lowest BCUT2D eigenvalue weighted by Gasteiger charge is -2.13. The van der Waals surface area contributed by atoms with E-state index in [1.54, 1.807) is 42.6 Å². The summed E-state index contributed by atoms with van der Waals surface area (Å²) in [6.45, 7) is 3.95. The number of hydrogen-bond acceptors (Lipinski definition) is 4. The molecule has 2 aromatic carbocycles. The standard InChI is InChI=1S/C22H18N4O2S/c1-13-6-5-7-18(14(13)2)26-21(28)16-10-9-15(12-17(16)24-22(26)29)20(27)25-19-8-3-4-11-23-19/h3-12H,1-2H3,(H,24,29)(H,23,25,27). The number of amides is 1. The van der Waals surface area contributed by atoms with E-state index in [1.807, 2.05) is 32.0 Å². The molecule has 4 rings (SSSR count). The van der Waals surface area contributed by atoms with Gasteiger partial charge in [-0.2, -0.15) is 0 Å². The number of nitrogens with zero attached hydrogens (tertiary/aromatic N) is 2. The second kappa shape index (κ2) is 7.44. The lowest BCUT2D eigenvalue weighted by Crippen LogP contribution is -2.22. The Bertz CT molecular complexity index is 1360. The van der Waals surface area contributed by atoms with Crippen LogP contribution in [0.15, 0.2) is 65.6 Å². The number of carbonyl (C=O) groups is 1. The van der Waals surface area contributed by atoms with Crippen LogP contribution >= 0.6 is 12.2 Å². The van der Waals surface area contributed by atoms with Crippen molar-refractivity contribution in [3.63, 3.8) is 0 Å². The summed E-state index contributed by atoms with van der Waals surface area (Å²) in [6.07, 6.45) is 1.60. The van der Waals surface area contributed by atoms with Gasteiger partial charge >= 0.3 is 0 Å². The lowest BCUT2D eigenvalue weighted by atomic mass is 10.1. The minimum Gasteiger partial charge on any atom is -0.331 e. The molecule has 0 aliphatic heterocycles. The largest absolute Gasteiger partial charge is 0.331 e. The number of anilines is 1. The molecule has 0 aliphatic carbocycles. The minimum absolute atomic E-state index is 0.228. The van der Waals surface area contributed by atoms with Crippen LogP contribution < -0.4 is 10.9 Å². The van der Waals surface area contributed by atoms with Gasteiger partial charge in [-0.15, -0.1) is 0 Å². The molecule has 4 aromatic rings. The average Bonchev–Trinajstić information content (AvgIpc) is 2.71. The zero-order chi connectivity index (χ0) is 20.5. The molecular weight excluding hydrogens is 384 g/mol. The summed E-state index contributed by atoms with van der Waals surface area (Å²) >= 11 is 5.46. The fraction of sp³-hybridized carbons (Fsp3) is 0.0909. The first-order valence-electron chi connectivity index (χ1n) is 9.04. The summed E-state index contributed by atoms with van der Waals surface area (Å²) in [5.74, 6) is 0.138. The third kappa shape index (κ3) is 3.48. The zero-order valence-electron chi connectivity index (χ0n) is 15.9. The van der Waals surface area contributed by atoms with Crippen LogP contribution in [0.1, 0.15) is 21.5 Å². The molecule has 144 valence electrons. The maximum atomic E-state index is 13.2. The Morgan fingerprint density at radius 2 is 1.93 bits per heavy atom. The fourth-order valence-electron chi connectivity index (χ4n) is 3.18. The maximum Gasteiger partial charge on any atom is 0.266 e. The third-order valence-corrected chi connectivity index (χ3v) is 5.17. The molecule has 0 saturated heterocycles. The molecule has 0 radical (unpaired) electrons. The molecule has 6 nitrogen and oxygen atoms in total. The summed E-state index contributed by atoms with van der Waals surface area (Å²) in [7, 11) is 0. The molecule has 2 heterocycles. The van der Waals surface area contributed by atoms with Crippen molar-refractivity contribution in [1.82, 2.24) is 14.5 Å². The highest BCUT2D eigenvalue weighted by Crippen LogP contribution is 2.18. The number of hydrogen-bond donors (Lipinski definition) is 2. The molecule has 7 heteroatoms. The Morgan fingerprint density at radius 1 is 1.10 bits per heavy atom. The normalized spacial score (nSPS) is 10.8. The van der Waals surface area contributed by atoms with Crippen molar-refractivity contribution in [2.75, 3.05) is 5.32 Å². The molecule has 0 saturated carbocycles. The Hall–Kier alpha value is -3.58. The Morgan fingerprint density at radius 3 is 2.69 bits per heavy atom. The monoisotopic (exact) mass is 402 g/mol. The van der Waals surface area contributed by atoms with Crippen LogP contribution in [-0.4, -0.2) is 20.4 Å². The van der Waals surface area contributed by atoms with E-state index in [4.69, 9.17) is 12.2 Å². The minimum atomic E-state index is -0.316. The molecule has 2 N–H and O–H groups in total. The van der Waals surface area contributed by atoms with Crippen LogP contribution in [0.3, 0.4) is 0 Å². The maximum absolute atomic E-state index is 13.2. The van der Waals surface area contributed by atoms with Crippen LogP contribution in [0, 0.1) is 18.6 Å². The van der Waals surface area contributed by atoms with Crippen molar-refractivity contribution in [2.45, 2.75) is 13.8 Å². The Labute approximate surface area is 171 Å². The predicted molar refractivity (Wildman–Crippen MR) is 116 cm³/mol. The first-order valence-corrected chi connectivity index (χ1v) is 9.44. The molecule has 29 heavy (non-hydrogen) atoms. The van der Waals surface area contributed by atoms with Crippen molar-refractivity contribution in [3.05, 3.63) is 92.6 Å². The van der Waals surface area contributed by atoms with E-state index in [-0.39, 0.29) is 16.2 Å². The van der Waals surface area contributed by atoms with Crippen molar-refractivity contribution in [1.29, 1.82) is 0 Å². The first-order chi connectivity index (χ1) is 14.0. The number of benzene rings is 2. The number of pyridine rings is 1. The zero-order valence-corrected chi connectivity index (χ0v) is 16.7. The first kappa shape index (κ1) is 18.8. The van der Waals surface area contributed by atoms with E-state index in [0.717, 1.165) is 16.8 Å². The third-order valence-electron chi connectivity index (χ3n) is 4.88. The summed E-state index contributed by atoms with van der Waals surface area (Å²) in [6, 6.07) is 15.9. The number of fused-ring (bicyclic) bond motifs is 1. The van der Waals surface area contributed by atoms with E-state index in [0.29, 0.717) is 22.3 Å². The highest BCUT2D eigenvalue weighted by atomic mass is 32.1. The van der Waals surface area contributed by atoms with Crippen LogP contribution in [0.25, 0.3) is 16.6 Å². The van der Waals surface area contributed by atoms with Gasteiger partial charge in [-0.1, -0.05) is 18.2 Å². The van der Waals surface area contributed by atoms with Gasteiger partial charge in [0.25, 0.3) is 11.5 Å².